The van der Waals surface area contributed by atoms with Crippen molar-refractivity contribution in [1.29, 1.82) is 0 Å². The van der Waals surface area contributed by atoms with E-state index in [1.54, 1.807) is 30.3 Å². The van der Waals surface area contributed by atoms with Gasteiger partial charge in [-0.25, -0.2) is 0 Å². The highest BCUT2D eigenvalue weighted by molar-refractivity contribution is 7.80. The third kappa shape index (κ3) is 6.06. The first kappa shape index (κ1) is 24.6. The van der Waals surface area contributed by atoms with Gasteiger partial charge in [-0.3, -0.25) is 14.9 Å². The van der Waals surface area contributed by atoms with Crippen LogP contribution < -0.4 is 25.0 Å². The Bertz CT molecular complexity index is 1040. The van der Waals surface area contributed by atoms with E-state index in [9.17, 15) is 9.59 Å². The van der Waals surface area contributed by atoms with E-state index in [2.05, 4.69) is 15.5 Å². The van der Waals surface area contributed by atoms with Crippen LogP contribution in [0.2, 0.25) is 5.02 Å². The summed E-state index contributed by atoms with van der Waals surface area (Å²) in [5.41, 5.74) is 1.89. The third-order valence-corrected chi connectivity index (χ3v) is 5.80. The average Bonchev–Trinajstić information content (AvgIpc) is 2.83. The summed E-state index contributed by atoms with van der Waals surface area (Å²) in [6, 6.07) is 10.4. The van der Waals surface area contributed by atoms with Gasteiger partial charge >= 0.3 is 0 Å². The zero-order chi connectivity index (χ0) is 24.0. The molecule has 0 aliphatic carbocycles. The van der Waals surface area contributed by atoms with Gasteiger partial charge in [0.1, 0.15) is 11.5 Å². The Kier molecular flexibility index (Phi) is 8.35. The van der Waals surface area contributed by atoms with Crippen molar-refractivity contribution < 1.29 is 19.1 Å². The Morgan fingerprint density at radius 1 is 1.06 bits per heavy atom. The maximum atomic E-state index is 12.8. The minimum atomic E-state index is -0.415. The third-order valence-electron chi connectivity index (χ3n) is 5.36. The van der Waals surface area contributed by atoms with E-state index in [0.29, 0.717) is 60.4 Å². The van der Waals surface area contributed by atoms with E-state index in [0.717, 1.165) is 5.69 Å². The first-order valence-electron chi connectivity index (χ1n) is 10.5. The van der Waals surface area contributed by atoms with E-state index in [1.165, 1.54) is 14.2 Å². The van der Waals surface area contributed by atoms with Crippen LogP contribution in [-0.2, 0) is 4.79 Å². The number of rotatable bonds is 6. The molecule has 10 heteroatoms. The molecule has 33 heavy (non-hydrogen) atoms. The lowest BCUT2D eigenvalue weighted by molar-refractivity contribution is -0.131. The Morgan fingerprint density at radius 2 is 1.79 bits per heavy atom. The van der Waals surface area contributed by atoms with Gasteiger partial charge in [-0.05, 0) is 42.5 Å². The van der Waals surface area contributed by atoms with Crippen LogP contribution in [0.4, 0.5) is 11.4 Å². The number of anilines is 2. The van der Waals surface area contributed by atoms with Gasteiger partial charge < -0.3 is 24.6 Å². The molecule has 1 saturated heterocycles. The number of hydrogen-bond acceptors (Lipinski definition) is 6. The molecule has 0 aromatic heterocycles. The van der Waals surface area contributed by atoms with Crippen molar-refractivity contribution in [2.45, 2.75) is 13.3 Å². The molecule has 0 unspecified atom stereocenters. The summed E-state index contributed by atoms with van der Waals surface area (Å²) < 4.78 is 10.5. The second-order valence-electron chi connectivity index (χ2n) is 7.36. The number of halogens is 1. The number of nitrogens with zero attached hydrogens (tertiary/aromatic N) is 2. The number of hydrogen-bond donors (Lipinski definition) is 2. The molecule has 3 rings (SSSR count). The minimum absolute atomic E-state index is 0.126. The number of nitrogens with one attached hydrogen (secondary N) is 2. The largest absolute Gasteiger partial charge is 0.497 e. The Balaban J connectivity index is 1.71. The molecule has 8 nitrogen and oxygen atoms in total. The maximum absolute atomic E-state index is 12.8. The van der Waals surface area contributed by atoms with Crippen LogP contribution in [-0.4, -0.2) is 62.2 Å². The number of amides is 2. The van der Waals surface area contributed by atoms with Crippen LogP contribution in [0.15, 0.2) is 36.4 Å². The number of methoxy groups -OCH3 is 2. The Morgan fingerprint density at radius 3 is 2.42 bits per heavy atom. The summed E-state index contributed by atoms with van der Waals surface area (Å²) in [6.07, 6.45) is 0.501. The maximum Gasteiger partial charge on any atom is 0.261 e. The molecule has 0 bridgehead atoms. The number of ether oxygens (including phenoxy) is 2. The summed E-state index contributed by atoms with van der Waals surface area (Å²) in [7, 11) is 3.02. The van der Waals surface area contributed by atoms with Gasteiger partial charge in [-0.1, -0.05) is 18.5 Å². The van der Waals surface area contributed by atoms with Crippen LogP contribution in [0.25, 0.3) is 0 Å². The summed E-state index contributed by atoms with van der Waals surface area (Å²) in [4.78, 5) is 28.8. The molecule has 2 aromatic carbocycles. The van der Waals surface area contributed by atoms with E-state index >= 15 is 0 Å². The summed E-state index contributed by atoms with van der Waals surface area (Å²) in [6.45, 7) is 4.53. The first-order valence-corrected chi connectivity index (χ1v) is 11.3. The van der Waals surface area contributed by atoms with Gasteiger partial charge in [0.25, 0.3) is 5.91 Å². The Hall–Kier alpha value is -3.04. The molecule has 1 aliphatic rings. The number of benzene rings is 2. The molecule has 1 aliphatic heterocycles. The summed E-state index contributed by atoms with van der Waals surface area (Å²) in [5.74, 6) is 0.690. The molecule has 0 saturated carbocycles. The van der Waals surface area contributed by atoms with Gasteiger partial charge in [0.15, 0.2) is 5.11 Å². The molecule has 2 amide bonds. The van der Waals surface area contributed by atoms with Crippen LogP contribution in [0.1, 0.15) is 23.7 Å². The zero-order valence-corrected chi connectivity index (χ0v) is 20.4. The van der Waals surface area contributed by atoms with Crippen molar-refractivity contribution >= 4 is 52.1 Å². The fraction of sp³-hybridized carbons (Fsp3) is 0.348. The lowest BCUT2D eigenvalue weighted by atomic mass is 10.1. The SMILES string of the molecule is CCC(=O)N1CCN(c2ccc(Cl)cc2NC(=S)NC(=O)c2ccc(OC)cc2OC)CC1. The number of thiocarbonyl (C=S) groups is 1. The van der Waals surface area contributed by atoms with Crippen LogP contribution in [0.5, 0.6) is 11.5 Å². The average molecular weight is 491 g/mol. The van der Waals surface area contributed by atoms with E-state index in [4.69, 9.17) is 33.3 Å². The van der Waals surface area contributed by atoms with Gasteiger partial charge in [0.2, 0.25) is 5.91 Å². The monoisotopic (exact) mass is 490 g/mol. The van der Waals surface area contributed by atoms with Crippen molar-refractivity contribution in [3.8, 4) is 11.5 Å². The number of carbonyl (C=O) groups excluding carboxylic acids is 2. The second-order valence-corrected chi connectivity index (χ2v) is 8.20. The van der Waals surface area contributed by atoms with E-state index in [1.807, 2.05) is 17.9 Å². The highest BCUT2D eigenvalue weighted by atomic mass is 35.5. The lowest BCUT2D eigenvalue weighted by Crippen LogP contribution is -2.48. The quantitative estimate of drug-likeness (QED) is 0.599. The van der Waals surface area contributed by atoms with Crippen molar-refractivity contribution in [3.63, 3.8) is 0 Å². The van der Waals surface area contributed by atoms with Crippen molar-refractivity contribution in [2.24, 2.45) is 0 Å². The Labute approximate surface area is 203 Å². The molecular weight excluding hydrogens is 464 g/mol. The van der Waals surface area contributed by atoms with Gasteiger partial charge in [0, 0.05) is 43.7 Å². The standard InChI is InChI=1S/C23H27ClN4O4S/c1-4-21(29)28-11-9-27(10-12-28)19-8-5-15(24)13-18(19)25-23(33)26-22(30)17-7-6-16(31-2)14-20(17)32-3/h5-8,13-14H,4,9-12H2,1-3H3,(H2,25,26,30,33). The second kappa shape index (κ2) is 11.2. The topological polar surface area (TPSA) is 83.1 Å². The fourth-order valence-electron chi connectivity index (χ4n) is 3.61. The molecule has 0 radical (unpaired) electrons. The smallest absolute Gasteiger partial charge is 0.261 e. The summed E-state index contributed by atoms with van der Waals surface area (Å²) in [5, 5.41) is 6.42. The highest BCUT2D eigenvalue weighted by Gasteiger charge is 2.22. The minimum Gasteiger partial charge on any atom is -0.497 e. The fourth-order valence-corrected chi connectivity index (χ4v) is 3.99. The predicted octanol–water partition coefficient (Wildman–Crippen LogP) is 3.54. The highest BCUT2D eigenvalue weighted by Crippen LogP contribution is 2.30. The molecule has 0 spiro atoms. The van der Waals surface area contributed by atoms with Crippen LogP contribution in [0, 0.1) is 0 Å². The van der Waals surface area contributed by atoms with Gasteiger partial charge in [-0.2, -0.15) is 0 Å². The van der Waals surface area contributed by atoms with Gasteiger partial charge in [-0.15, -0.1) is 0 Å². The van der Waals surface area contributed by atoms with Crippen molar-refractivity contribution in [2.75, 3.05) is 50.6 Å². The molecule has 1 heterocycles. The molecular formula is C23H27ClN4O4S. The summed E-state index contributed by atoms with van der Waals surface area (Å²) >= 11 is 11.6. The molecule has 1 fully saturated rings. The molecule has 2 N–H and O–H groups in total. The molecule has 0 atom stereocenters. The molecule has 2 aromatic rings. The predicted molar refractivity (Wildman–Crippen MR) is 134 cm³/mol. The van der Waals surface area contributed by atoms with E-state index < -0.39 is 5.91 Å². The zero-order valence-electron chi connectivity index (χ0n) is 18.8. The van der Waals surface area contributed by atoms with Crippen LogP contribution in [0.3, 0.4) is 0 Å². The van der Waals surface area contributed by atoms with Crippen LogP contribution >= 0.6 is 23.8 Å². The number of piperazine rings is 1. The normalized spacial score (nSPS) is 13.3. The van der Waals surface area contributed by atoms with Crippen molar-refractivity contribution in [3.05, 3.63) is 47.0 Å². The molecule has 176 valence electrons. The van der Waals surface area contributed by atoms with Gasteiger partial charge in [0.05, 0.1) is 31.2 Å². The van der Waals surface area contributed by atoms with E-state index in [-0.39, 0.29) is 11.0 Å². The first-order chi connectivity index (χ1) is 15.9. The van der Waals surface area contributed by atoms with Crippen molar-refractivity contribution in [1.82, 2.24) is 10.2 Å². The number of carbonyl (C=O) groups is 2. The lowest BCUT2D eigenvalue weighted by Gasteiger charge is -2.37.